The quantitative estimate of drug-likeness (QED) is 0.561. The van der Waals surface area contributed by atoms with E-state index in [2.05, 4.69) is 5.32 Å². The van der Waals surface area contributed by atoms with Crippen LogP contribution in [0.1, 0.15) is 24.8 Å². The highest BCUT2D eigenvalue weighted by Crippen LogP contribution is 2.30. The molecule has 0 aromatic heterocycles. The van der Waals surface area contributed by atoms with E-state index >= 15 is 0 Å². The van der Waals surface area contributed by atoms with Gasteiger partial charge in [-0.2, -0.15) is 13.2 Å². The van der Waals surface area contributed by atoms with E-state index in [4.69, 9.17) is 9.47 Å². The van der Waals surface area contributed by atoms with Crippen LogP contribution in [0.3, 0.4) is 0 Å². The van der Waals surface area contributed by atoms with E-state index in [1.54, 1.807) is 0 Å². The fourth-order valence-corrected chi connectivity index (χ4v) is 3.59. The summed E-state index contributed by atoms with van der Waals surface area (Å²) in [7, 11) is -4.24. The SMILES string of the molecule is O=C(COC(=O)CCNS(=O)(=O)c1cccc(C(F)(F)F)c1)NCC1CCCO1. The number of carbonyl (C=O) groups is 2. The van der Waals surface area contributed by atoms with Crippen molar-refractivity contribution in [2.75, 3.05) is 26.3 Å². The molecular weight excluding hydrogens is 417 g/mol. The van der Waals surface area contributed by atoms with Crippen LogP contribution < -0.4 is 10.0 Å². The van der Waals surface area contributed by atoms with Crippen molar-refractivity contribution in [3.63, 3.8) is 0 Å². The zero-order valence-electron chi connectivity index (χ0n) is 15.3. The lowest BCUT2D eigenvalue weighted by molar-refractivity contribution is -0.148. The number of ether oxygens (including phenoxy) is 2. The number of amides is 1. The molecule has 1 saturated heterocycles. The van der Waals surface area contributed by atoms with Crippen LogP contribution in [0, 0.1) is 0 Å². The summed E-state index contributed by atoms with van der Waals surface area (Å²) in [5, 5.41) is 2.55. The number of hydrogen-bond donors (Lipinski definition) is 2. The number of rotatable bonds is 9. The Hall–Kier alpha value is -2.18. The predicted molar refractivity (Wildman–Crippen MR) is 94.2 cm³/mol. The molecule has 0 bridgehead atoms. The highest BCUT2D eigenvalue weighted by atomic mass is 32.2. The Morgan fingerprint density at radius 3 is 2.69 bits per heavy atom. The molecule has 8 nitrogen and oxygen atoms in total. The first-order valence-corrected chi connectivity index (χ1v) is 10.3. The second kappa shape index (κ2) is 10.0. The van der Waals surface area contributed by atoms with Crippen molar-refractivity contribution in [2.45, 2.75) is 36.4 Å². The zero-order valence-corrected chi connectivity index (χ0v) is 16.1. The lowest BCUT2D eigenvalue weighted by atomic mass is 10.2. The number of benzene rings is 1. The summed E-state index contributed by atoms with van der Waals surface area (Å²) in [5.41, 5.74) is -1.10. The fraction of sp³-hybridized carbons (Fsp3) is 0.529. The maximum Gasteiger partial charge on any atom is 0.416 e. The number of hydrogen-bond acceptors (Lipinski definition) is 6. The summed E-state index contributed by atoms with van der Waals surface area (Å²) in [4.78, 5) is 22.6. The average Bonchev–Trinajstić information content (AvgIpc) is 3.17. The molecule has 1 amide bonds. The number of nitrogens with one attached hydrogen (secondary N) is 2. The second-order valence-electron chi connectivity index (χ2n) is 6.27. The predicted octanol–water partition coefficient (Wildman–Crippen LogP) is 1.21. The largest absolute Gasteiger partial charge is 0.456 e. The van der Waals surface area contributed by atoms with Crippen LogP contribution >= 0.6 is 0 Å². The maximum atomic E-state index is 12.7. The normalized spacial score (nSPS) is 17.1. The summed E-state index contributed by atoms with van der Waals surface area (Å²) < 4.78 is 74.3. The molecule has 2 rings (SSSR count). The third kappa shape index (κ3) is 7.63. The Balaban J connectivity index is 1.72. The van der Waals surface area contributed by atoms with Gasteiger partial charge in [-0.1, -0.05) is 6.07 Å². The van der Waals surface area contributed by atoms with Crippen LogP contribution in [0.4, 0.5) is 13.2 Å². The Bertz CT molecular complexity index is 823. The van der Waals surface area contributed by atoms with Crippen molar-refractivity contribution >= 4 is 21.9 Å². The summed E-state index contributed by atoms with van der Waals surface area (Å²) in [6, 6.07) is 3.23. The van der Waals surface area contributed by atoms with Crippen LogP contribution in [0.25, 0.3) is 0 Å². The number of sulfonamides is 1. The Labute approximate surface area is 165 Å². The molecule has 1 unspecified atom stereocenters. The van der Waals surface area contributed by atoms with Gasteiger partial charge in [0, 0.05) is 19.7 Å². The Kier molecular flexibility index (Phi) is 7.99. The highest BCUT2D eigenvalue weighted by molar-refractivity contribution is 7.89. The Morgan fingerprint density at radius 1 is 1.28 bits per heavy atom. The standard InChI is InChI=1S/C17H21F3N2O6S/c18-17(19,20)12-3-1-5-14(9-12)29(25,26)22-7-6-16(24)28-11-15(23)21-10-13-4-2-8-27-13/h1,3,5,9,13,22H,2,4,6-8,10-11H2,(H,21,23). The zero-order chi connectivity index (χ0) is 21.5. The van der Waals surface area contributed by atoms with Crippen molar-refractivity contribution in [2.24, 2.45) is 0 Å². The van der Waals surface area contributed by atoms with Crippen molar-refractivity contribution < 1.29 is 40.7 Å². The summed E-state index contributed by atoms with van der Waals surface area (Å²) in [6.45, 7) is 0.0416. The van der Waals surface area contributed by atoms with Gasteiger partial charge in [0.05, 0.1) is 23.0 Å². The van der Waals surface area contributed by atoms with Crippen molar-refractivity contribution in [3.05, 3.63) is 29.8 Å². The van der Waals surface area contributed by atoms with E-state index in [1.165, 1.54) is 0 Å². The molecule has 0 radical (unpaired) electrons. The first kappa shape index (κ1) is 23.1. The minimum atomic E-state index is -4.68. The molecule has 162 valence electrons. The van der Waals surface area contributed by atoms with Crippen LogP contribution in [0.2, 0.25) is 0 Å². The fourth-order valence-electron chi connectivity index (χ4n) is 2.51. The molecule has 1 aliphatic rings. The van der Waals surface area contributed by atoms with E-state index in [1.807, 2.05) is 4.72 Å². The first-order valence-electron chi connectivity index (χ1n) is 8.79. The molecule has 1 aromatic rings. The van der Waals surface area contributed by atoms with Gasteiger partial charge in [0.2, 0.25) is 10.0 Å². The van der Waals surface area contributed by atoms with Crippen LogP contribution in [-0.4, -0.2) is 52.7 Å². The van der Waals surface area contributed by atoms with E-state index < -0.39 is 58.1 Å². The summed E-state index contributed by atoms with van der Waals surface area (Å²) in [5.74, 6) is -1.34. The van der Waals surface area contributed by atoms with Gasteiger partial charge in [0.1, 0.15) is 0 Å². The van der Waals surface area contributed by atoms with Gasteiger partial charge in [-0.05, 0) is 31.0 Å². The molecule has 29 heavy (non-hydrogen) atoms. The third-order valence-electron chi connectivity index (χ3n) is 4.01. The van der Waals surface area contributed by atoms with Crippen molar-refractivity contribution in [1.82, 2.24) is 10.0 Å². The number of halogens is 3. The lowest BCUT2D eigenvalue weighted by Crippen LogP contribution is -2.35. The number of alkyl halides is 3. The number of carbonyl (C=O) groups excluding carboxylic acids is 2. The molecule has 1 fully saturated rings. The molecule has 1 atom stereocenters. The Morgan fingerprint density at radius 2 is 2.03 bits per heavy atom. The molecule has 0 spiro atoms. The van der Waals surface area contributed by atoms with Crippen molar-refractivity contribution in [1.29, 1.82) is 0 Å². The van der Waals surface area contributed by atoms with Gasteiger partial charge < -0.3 is 14.8 Å². The molecule has 0 aliphatic carbocycles. The first-order chi connectivity index (χ1) is 13.6. The summed E-state index contributed by atoms with van der Waals surface area (Å²) in [6.07, 6.45) is -3.37. The molecule has 1 aliphatic heterocycles. The molecule has 1 aromatic carbocycles. The molecule has 1 heterocycles. The lowest BCUT2D eigenvalue weighted by Gasteiger charge is -2.11. The van der Waals surface area contributed by atoms with Gasteiger partial charge in [0.25, 0.3) is 5.91 Å². The van der Waals surface area contributed by atoms with E-state index in [0.717, 1.165) is 31.0 Å². The molecule has 0 saturated carbocycles. The van der Waals surface area contributed by atoms with Crippen LogP contribution in [0.15, 0.2) is 29.2 Å². The van der Waals surface area contributed by atoms with E-state index in [9.17, 15) is 31.2 Å². The van der Waals surface area contributed by atoms with Gasteiger partial charge in [-0.15, -0.1) is 0 Å². The van der Waals surface area contributed by atoms with Crippen molar-refractivity contribution in [3.8, 4) is 0 Å². The van der Waals surface area contributed by atoms with Gasteiger partial charge in [-0.3, -0.25) is 9.59 Å². The highest BCUT2D eigenvalue weighted by Gasteiger charge is 2.31. The molecule has 2 N–H and O–H groups in total. The number of esters is 1. The van der Waals surface area contributed by atoms with E-state index in [-0.39, 0.29) is 6.10 Å². The summed E-state index contributed by atoms with van der Waals surface area (Å²) >= 11 is 0. The minimum absolute atomic E-state index is 0.0556. The van der Waals surface area contributed by atoms with E-state index in [0.29, 0.717) is 19.2 Å². The maximum absolute atomic E-state index is 12.7. The monoisotopic (exact) mass is 438 g/mol. The molecular formula is C17H21F3N2O6S. The third-order valence-corrected chi connectivity index (χ3v) is 5.47. The average molecular weight is 438 g/mol. The van der Waals surface area contributed by atoms with Crippen LogP contribution in [0.5, 0.6) is 0 Å². The van der Waals surface area contributed by atoms with Gasteiger partial charge >= 0.3 is 12.1 Å². The van der Waals surface area contributed by atoms with Gasteiger partial charge in [-0.25, -0.2) is 13.1 Å². The topological polar surface area (TPSA) is 111 Å². The molecule has 12 heteroatoms. The van der Waals surface area contributed by atoms with Crippen LogP contribution in [-0.2, 0) is 35.3 Å². The van der Waals surface area contributed by atoms with Gasteiger partial charge in [0.15, 0.2) is 6.61 Å². The minimum Gasteiger partial charge on any atom is -0.456 e. The smallest absolute Gasteiger partial charge is 0.416 e. The second-order valence-corrected chi connectivity index (χ2v) is 8.04.